The number of carbonyl (C=O) groups is 2. The van der Waals surface area contributed by atoms with Crippen LogP contribution in [-0.2, 0) is 16.1 Å². The van der Waals surface area contributed by atoms with E-state index in [4.69, 9.17) is 16.3 Å². The van der Waals surface area contributed by atoms with Crippen LogP contribution in [0.5, 0.6) is 5.75 Å². The van der Waals surface area contributed by atoms with E-state index < -0.39 is 11.6 Å². The van der Waals surface area contributed by atoms with Crippen LogP contribution in [-0.4, -0.2) is 59.4 Å². The highest BCUT2D eigenvalue weighted by Crippen LogP contribution is 2.35. The molecule has 3 rings (SSSR count). The van der Waals surface area contributed by atoms with Crippen LogP contribution in [0, 0.1) is 5.92 Å². The molecule has 2 aliphatic heterocycles. The minimum Gasteiger partial charge on any atom is -0.494 e. The fourth-order valence-electron chi connectivity index (χ4n) is 4.88. The number of hydrogen-bond donors (Lipinski definition) is 1. The first-order chi connectivity index (χ1) is 15.3. The summed E-state index contributed by atoms with van der Waals surface area (Å²) >= 11 is 6.48. The number of ether oxygens (including phenoxy) is 1. The lowest BCUT2D eigenvalue weighted by Gasteiger charge is -2.52. The van der Waals surface area contributed by atoms with Crippen LogP contribution in [0.15, 0.2) is 18.2 Å². The molecule has 2 fully saturated rings. The maximum absolute atomic E-state index is 13.4. The molecule has 1 unspecified atom stereocenters. The average molecular weight is 464 g/mol. The van der Waals surface area contributed by atoms with Crippen molar-refractivity contribution in [3.05, 3.63) is 28.8 Å². The number of benzene rings is 1. The molecule has 2 amide bonds. The van der Waals surface area contributed by atoms with Gasteiger partial charge in [0.25, 0.3) is 0 Å². The van der Waals surface area contributed by atoms with Gasteiger partial charge < -0.3 is 15.0 Å². The molecule has 1 N–H and O–H groups in total. The third-order valence-electron chi connectivity index (χ3n) is 6.66. The molecule has 0 aliphatic carbocycles. The monoisotopic (exact) mass is 463 g/mol. The van der Waals surface area contributed by atoms with Gasteiger partial charge in [-0.05, 0) is 56.2 Å². The van der Waals surface area contributed by atoms with Crippen LogP contribution in [0.3, 0.4) is 0 Å². The molecule has 0 bridgehead atoms. The summed E-state index contributed by atoms with van der Waals surface area (Å²) in [6.07, 6.45) is 3.90. The number of nitrogens with one attached hydrogen (secondary N) is 1. The summed E-state index contributed by atoms with van der Waals surface area (Å²) in [5, 5.41) is 3.77. The average Bonchev–Trinajstić information content (AvgIpc) is 2.75. The third-order valence-corrected chi connectivity index (χ3v) is 7.02. The molecular formula is C25H38ClN3O3. The van der Waals surface area contributed by atoms with Crippen molar-refractivity contribution < 1.29 is 14.3 Å². The highest BCUT2D eigenvalue weighted by molar-refractivity contribution is 6.31. The Hall–Kier alpha value is -1.79. The van der Waals surface area contributed by atoms with E-state index in [1.54, 1.807) is 0 Å². The lowest BCUT2D eigenvalue weighted by Crippen LogP contribution is -2.73. The van der Waals surface area contributed by atoms with Crippen molar-refractivity contribution in [3.63, 3.8) is 0 Å². The van der Waals surface area contributed by atoms with E-state index in [0.717, 1.165) is 43.8 Å². The second kappa shape index (κ2) is 10.9. The first kappa shape index (κ1) is 24.8. The minimum atomic E-state index is -0.723. The predicted molar refractivity (Wildman–Crippen MR) is 128 cm³/mol. The van der Waals surface area contributed by atoms with Crippen LogP contribution in [0.2, 0.25) is 5.02 Å². The highest BCUT2D eigenvalue weighted by Gasteiger charge is 2.53. The first-order valence-corrected chi connectivity index (χ1v) is 12.4. The topological polar surface area (TPSA) is 61.9 Å². The van der Waals surface area contributed by atoms with Gasteiger partial charge in [-0.25, -0.2) is 0 Å². The standard InChI is InChI=1S/C25H38ClN3O3/c1-5-7-12-29-23(30)22(15-18(3)4)27-24(31)25(29)10-13-28(14-11-25)17-19-8-9-20(32-6-2)16-21(19)26/h8-9,16,18,22H,5-7,10-15,17H2,1-4H3,(H,27,31). The number of piperazine rings is 1. The van der Waals surface area contributed by atoms with Gasteiger partial charge in [0.1, 0.15) is 17.3 Å². The Bertz CT molecular complexity index is 806. The van der Waals surface area contributed by atoms with Gasteiger partial charge in [0.05, 0.1) is 6.61 Å². The first-order valence-electron chi connectivity index (χ1n) is 12.1. The Balaban J connectivity index is 1.71. The van der Waals surface area contributed by atoms with Gasteiger partial charge in [0.2, 0.25) is 11.8 Å². The number of rotatable bonds is 9. The molecule has 1 atom stereocenters. The molecule has 0 aromatic heterocycles. The number of hydrogen-bond acceptors (Lipinski definition) is 4. The van der Waals surface area contributed by atoms with Crippen molar-refractivity contribution in [2.45, 2.75) is 77.9 Å². The van der Waals surface area contributed by atoms with Gasteiger partial charge in [0.15, 0.2) is 0 Å². The Morgan fingerprint density at radius 1 is 1.22 bits per heavy atom. The van der Waals surface area contributed by atoms with Gasteiger partial charge >= 0.3 is 0 Å². The number of unbranched alkanes of at least 4 members (excludes halogenated alkanes) is 1. The van der Waals surface area contributed by atoms with Crippen LogP contribution in [0.25, 0.3) is 0 Å². The number of carbonyl (C=O) groups excluding carboxylic acids is 2. The zero-order valence-electron chi connectivity index (χ0n) is 20.0. The van der Waals surface area contributed by atoms with E-state index in [-0.39, 0.29) is 11.8 Å². The van der Waals surface area contributed by atoms with E-state index in [9.17, 15) is 9.59 Å². The summed E-state index contributed by atoms with van der Waals surface area (Å²) in [5.74, 6) is 1.25. The minimum absolute atomic E-state index is 0.0256. The summed E-state index contributed by atoms with van der Waals surface area (Å²) in [5.41, 5.74) is 0.328. The summed E-state index contributed by atoms with van der Waals surface area (Å²) < 4.78 is 5.53. The molecule has 2 saturated heterocycles. The maximum atomic E-state index is 13.4. The molecule has 6 nitrogen and oxygen atoms in total. The van der Waals surface area contributed by atoms with Crippen LogP contribution in [0.4, 0.5) is 0 Å². The molecule has 1 aromatic carbocycles. The largest absolute Gasteiger partial charge is 0.494 e. The van der Waals surface area contributed by atoms with Crippen molar-refractivity contribution in [2.24, 2.45) is 5.92 Å². The maximum Gasteiger partial charge on any atom is 0.246 e. The Morgan fingerprint density at radius 3 is 2.53 bits per heavy atom. The lowest BCUT2D eigenvalue weighted by atomic mass is 9.80. The molecule has 32 heavy (non-hydrogen) atoms. The van der Waals surface area contributed by atoms with E-state index >= 15 is 0 Å². The Labute approximate surface area is 197 Å². The molecule has 2 heterocycles. The Kier molecular flexibility index (Phi) is 8.45. The van der Waals surface area contributed by atoms with Gasteiger partial charge in [-0.15, -0.1) is 0 Å². The van der Waals surface area contributed by atoms with E-state index in [2.05, 4.69) is 31.0 Å². The predicted octanol–water partition coefficient (Wildman–Crippen LogP) is 4.25. The molecule has 1 aromatic rings. The van der Waals surface area contributed by atoms with Crippen molar-refractivity contribution in [1.82, 2.24) is 15.1 Å². The Morgan fingerprint density at radius 2 is 1.94 bits per heavy atom. The molecule has 7 heteroatoms. The fourth-order valence-corrected chi connectivity index (χ4v) is 5.11. The second-order valence-electron chi connectivity index (χ2n) is 9.49. The number of amides is 2. The third kappa shape index (κ3) is 5.40. The summed E-state index contributed by atoms with van der Waals surface area (Å²) in [4.78, 5) is 30.9. The fraction of sp³-hybridized carbons (Fsp3) is 0.680. The number of likely N-dealkylation sites (tertiary alicyclic amines) is 1. The molecular weight excluding hydrogens is 426 g/mol. The SMILES string of the molecule is CCCCN1C(=O)C(CC(C)C)NC(=O)C12CCN(Cc1ccc(OCC)cc1Cl)CC2. The summed E-state index contributed by atoms with van der Waals surface area (Å²) in [6, 6.07) is 5.43. The quantitative estimate of drug-likeness (QED) is 0.594. The van der Waals surface area contributed by atoms with Gasteiger partial charge in [0, 0.05) is 31.2 Å². The zero-order valence-corrected chi connectivity index (χ0v) is 20.7. The van der Waals surface area contributed by atoms with Crippen molar-refractivity contribution in [2.75, 3.05) is 26.2 Å². The van der Waals surface area contributed by atoms with E-state index in [1.807, 2.05) is 30.0 Å². The van der Waals surface area contributed by atoms with Crippen LogP contribution >= 0.6 is 11.6 Å². The number of piperidine rings is 1. The molecule has 1 spiro atoms. The zero-order chi connectivity index (χ0) is 23.3. The summed E-state index contributed by atoms with van der Waals surface area (Å²) in [7, 11) is 0. The summed E-state index contributed by atoms with van der Waals surface area (Å²) in [6.45, 7) is 11.7. The second-order valence-corrected chi connectivity index (χ2v) is 9.90. The van der Waals surface area contributed by atoms with Gasteiger partial charge in [-0.1, -0.05) is 44.9 Å². The van der Waals surface area contributed by atoms with Crippen molar-refractivity contribution in [3.8, 4) is 5.75 Å². The lowest BCUT2D eigenvalue weighted by molar-refractivity contribution is -0.161. The molecule has 0 saturated carbocycles. The van der Waals surface area contributed by atoms with E-state index in [0.29, 0.717) is 43.4 Å². The smallest absolute Gasteiger partial charge is 0.246 e. The van der Waals surface area contributed by atoms with Gasteiger partial charge in [-0.2, -0.15) is 0 Å². The molecule has 2 aliphatic rings. The van der Waals surface area contributed by atoms with Crippen molar-refractivity contribution >= 4 is 23.4 Å². The highest BCUT2D eigenvalue weighted by atomic mass is 35.5. The van der Waals surface area contributed by atoms with E-state index in [1.165, 1.54) is 0 Å². The van der Waals surface area contributed by atoms with Crippen LogP contribution < -0.4 is 10.1 Å². The molecule has 0 radical (unpaired) electrons. The van der Waals surface area contributed by atoms with Crippen LogP contribution in [0.1, 0.15) is 65.4 Å². The normalized spacial score (nSPS) is 21.3. The number of nitrogens with zero attached hydrogens (tertiary/aromatic N) is 2. The van der Waals surface area contributed by atoms with Gasteiger partial charge in [-0.3, -0.25) is 14.5 Å². The molecule has 178 valence electrons. The number of halogens is 1. The van der Waals surface area contributed by atoms with Crippen molar-refractivity contribution in [1.29, 1.82) is 0 Å².